The summed E-state index contributed by atoms with van der Waals surface area (Å²) in [6.45, 7) is 4.39. The van der Waals surface area contributed by atoms with Crippen molar-refractivity contribution in [3.63, 3.8) is 0 Å². The summed E-state index contributed by atoms with van der Waals surface area (Å²) in [5.74, 6) is 0.155. The Morgan fingerprint density at radius 2 is 2.00 bits per heavy atom. The number of esters is 2. The Kier molecular flexibility index (Phi) is 6.24. The molecule has 0 bridgehead atoms. The molecule has 0 saturated carbocycles. The molecule has 0 aromatic carbocycles. The Morgan fingerprint density at radius 3 is 2.55 bits per heavy atom. The predicted octanol–water partition coefficient (Wildman–Crippen LogP) is 1.74. The molecule has 6 heteroatoms. The highest BCUT2D eigenvalue weighted by Crippen LogP contribution is 2.11. The summed E-state index contributed by atoms with van der Waals surface area (Å²) in [4.78, 5) is 22.9. The van der Waals surface area contributed by atoms with Crippen molar-refractivity contribution in [2.24, 2.45) is 5.92 Å². The largest absolute Gasteiger partial charge is 0.468 e. The molecule has 0 fully saturated rings. The standard InChI is InChI=1S/C14H21NO5/c1-9(2)5-12(14(17)19-4)15-7-11-6-10(8-20-11)13(16)18-3/h6,8-9,12,15H,5,7H2,1-4H3. The minimum absolute atomic E-state index is 0.307. The number of nitrogens with one attached hydrogen (secondary N) is 1. The number of ether oxygens (including phenoxy) is 2. The van der Waals surface area contributed by atoms with Gasteiger partial charge in [-0.1, -0.05) is 13.8 Å². The second kappa shape index (κ2) is 7.69. The van der Waals surface area contributed by atoms with Gasteiger partial charge in [-0.3, -0.25) is 10.1 Å². The molecular formula is C14H21NO5. The number of methoxy groups -OCH3 is 2. The number of hydrogen-bond acceptors (Lipinski definition) is 6. The van der Waals surface area contributed by atoms with E-state index in [1.165, 1.54) is 20.5 Å². The van der Waals surface area contributed by atoms with Crippen molar-refractivity contribution in [1.82, 2.24) is 5.32 Å². The van der Waals surface area contributed by atoms with Gasteiger partial charge in [0.15, 0.2) is 0 Å². The normalized spacial score (nSPS) is 12.2. The molecule has 6 nitrogen and oxygen atoms in total. The van der Waals surface area contributed by atoms with E-state index in [4.69, 9.17) is 9.15 Å². The van der Waals surface area contributed by atoms with Gasteiger partial charge in [0.1, 0.15) is 18.1 Å². The van der Waals surface area contributed by atoms with E-state index in [-0.39, 0.29) is 5.97 Å². The first-order valence-electron chi connectivity index (χ1n) is 6.44. The summed E-state index contributed by atoms with van der Waals surface area (Å²) < 4.78 is 14.6. The van der Waals surface area contributed by atoms with Crippen LogP contribution in [0.1, 0.15) is 36.4 Å². The zero-order chi connectivity index (χ0) is 15.1. The van der Waals surface area contributed by atoms with Crippen LogP contribution in [0.2, 0.25) is 0 Å². The fraction of sp³-hybridized carbons (Fsp3) is 0.571. The van der Waals surface area contributed by atoms with Gasteiger partial charge in [0.05, 0.1) is 26.3 Å². The van der Waals surface area contributed by atoms with Gasteiger partial charge in [0.25, 0.3) is 0 Å². The number of rotatable bonds is 7. The molecule has 1 N–H and O–H groups in total. The van der Waals surface area contributed by atoms with Crippen LogP contribution in [0.25, 0.3) is 0 Å². The maximum absolute atomic E-state index is 11.6. The zero-order valence-electron chi connectivity index (χ0n) is 12.3. The van der Waals surface area contributed by atoms with Crippen molar-refractivity contribution >= 4 is 11.9 Å². The van der Waals surface area contributed by atoms with E-state index in [9.17, 15) is 9.59 Å². The van der Waals surface area contributed by atoms with Crippen molar-refractivity contribution < 1.29 is 23.5 Å². The van der Waals surface area contributed by atoms with Gasteiger partial charge < -0.3 is 13.9 Å². The molecule has 0 amide bonds. The van der Waals surface area contributed by atoms with E-state index < -0.39 is 12.0 Å². The Morgan fingerprint density at radius 1 is 1.30 bits per heavy atom. The monoisotopic (exact) mass is 283 g/mol. The summed E-state index contributed by atoms with van der Waals surface area (Å²) in [7, 11) is 2.67. The number of carbonyl (C=O) groups is 2. The van der Waals surface area contributed by atoms with Gasteiger partial charge in [-0.2, -0.15) is 0 Å². The van der Waals surface area contributed by atoms with E-state index in [0.717, 1.165) is 0 Å². The molecule has 0 aliphatic rings. The van der Waals surface area contributed by atoms with E-state index in [1.807, 2.05) is 13.8 Å². The molecule has 0 aliphatic carbocycles. The summed E-state index contributed by atoms with van der Waals surface area (Å²) in [5.41, 5.74) is 0.350. The highest BCUT2D eigenvalue weighted by atomic mass is 16.5. The third kappa shape index (κ3) is 4.70. The maximum atomic E-state index is 11.6. The van der Waals surface area contributed by atoms with Crippen molar-refractivity contribution in [1.29, 1.82) is 0 Å². The molecule has 0 spiro atoms. The van der Waals surface area contributed by atoms with Crippen LogP contribution in [0.5, 0.6) is 0 Å². The molecule has 1 rings (SSSR count). The Balaban J connectivity index is 2.60. The topological polar surface area (TPSA) is 77.8 Å². The molecule has 112 valence electrons. The second-order valence-electron chi connectivity index (χ2n) is 4.88. The molecule has 1 aromatic rings. The number of furan rings is 1. The van der Waals surface area contributed by atoms with Gasteiger partial charge in [-0.15, -0.1) is 0 Å². The van der Waals surface area contributed by atoms with Crippen LogP contribution in [0.3, 0.4) is 0 Å². The van der Waals surface area contributed by atoms with Crippen LogP contribution in [-0.4, -0.2) is 32.2 Å². The molecule has 20 heavy (non-hydrogen) atoms. The molecule has 0 saturated heterocycles. The Hall–Kier alpha value is -1.82. The lowest BCUT2D eigenvalue weighted by atomic mass is 10.0. The molecule has 0 aliphatic heterocycles. The SMILES string of the molecule is COC(=O)c1coc(CNC(CC(C)C)C(=O)OC)c1. The minimum Gasteiger partial charge on any atom is -0.468 e. The lowest BCUT2D eigenvalue weighted by molar-refractivity contribution is -0.143. The highest BCUT2D eigenvalue weighted by molar-refractivity contribution is 5.88. The van der Waals surface area contributed by atoms with Gasteiger partial charge >= 0.3 is 11.9 Å². The number of carbonyl (C=O) groups excluding carboxylic acids is 2. The smallest absolute Gasteiger partial charge is 0.341 e. The van der Waals surface area contributed by atoms with Crippen molar-refractivity contribution in [2.45, 2.75) is 32.9 Å². The van der Waals surface area contributed by atoms with Crippen LogP contribution < -0.4 is 5.32 Å². The maximum Gasteiger partial charge on any atom is 0.341 e. The highest BCUT2D eigenvalue weighted by Gasteiger charge is 2.20. The predicted molar refractivity (Wildman–Crippen MR) is 72.1 cm³/mol. The van der Waals surface area contributed by atoms with E-state index in [1.54, 1.807) is 6.07 Å². The van der Waals surface area contributed by atoms with Crippen LogP contribution in [-0.2, 0) is 20.8 Å². The summed E-state index contributed by atoms with van der Waals surface area (Å²) in [5, 5.41) is 3.07. The second-order valence-corrected chi connectivity index (χ2v) is 4.88. The van der Waals surface area contributed by atoms with Crippen molar-refractivity contribution in [3.05, 3.63) is 23.7 Å². The van der Waals surface area contributed by atoms with Crippen LogP contribution in [0.4, 0.5) is 0 Å². The quantitative estimate of drug-likeness (QED) is 0.768. The van der Waals surface area contributed by atoms with E-state index >= 15 is 0 Å². The average Bonchev–Trinajstić information content (AvgIpc) is 2.90. The molecule has 0 radical (unpaired) electrons. The first-order chi connectivity index (χ1) is 9.47. The molecule has 1 aromatic heterocycles. The van der Waals surface area contributed by atoms with Crippen LogP contribution in [0.15, 0.2) is 16.7 Å². The summed E-state index contributed by atoms with van der Waals surface area (Å²) in [6, 6.07) is 1.19. The van der Waals surface area contributed by atoms with Gasteiger partial charge in [-0.25, -0.2) is 4.79 Å². The van der Waals surface area contributed by atoms with Crippen LogP contribution in [0, 0.1) is 5.92 Å². The molecular weight excluding hydrogens is 262 g/mol. The van der Waals surface area contributed by atoms with Crippen LogP contribution >= 0.6 is 0 Å². The van der Waals surface area contributed by atoms with E-state index in [2.05, 4.69) is 10.1 Å². The first kappa shape index (κ1) is 16.2. The fourth-order valence-electron chi connectivity index (χ4n) is 1.80. The lowest BCUT2D eigenvalue weighted by Crippen LogP contribution is -2.38. The molecule has 1 atom stereocenters. The third-order valence-corrected chi connectivity index (χ3v) is 2.79. The minimum atomic E-state index is -0.452. The molecule has 1 unspecified atom stereocenters. The fourth-order valence-corrected chi connectivity index (χ4v) is 1.80. The van der Waals surface area contributed by atoms with Gasteiger partial charge in [-0.05, 0) is 18.4 Å². The zero-order valence-corrected chi connectivity index (χ0v) is 12.3. The Labute approximate surface area is 118 Å². The van der Waals surface area contributed by atoms with Gasteiger partial charge in [0, 0.05) is 0 Å². The van der Waals surface area contributed by atoms with Gasteiger partial charge in [0.2, 0.25) is 0 Å². The Bertz CT molecular complexity index is 452. The third-order valence-electron chi connectivity index (χ3n) is 2.79. The number of hydrogen-bond donors (Lipinski definition) is 1. The summed E-state index contributed by atoms with van der Waals surface area (Å²) in [6.07, 6.45) is 2.00. The van der Waals surface area contributed by atoms with Crippen molar-refractivity contribution in [2.75, 3.05) is 14.2 Å². The molecule has 1 heterocycles. The van der Waals surface area contributed by atoms with Crippen molar-refractivity contribution in [3.8, 4) is 0 Å². The lowest BCUT2D eigenvalue weighted by Gasteiger charge is -2.17. The first-order valence-corrected chi connectivity index (χ1v) is 6.44. The van der Waals surface area contributed by atoms with E-state index in [0.29, 0.717) is 30.2 Å². The summed E-state index contributed by atoms with van der Waals surface area (Å²) >= 11 is 0. The average molecular weight is 283 g/mol.